The van der Waals surface area contributed by atoms with Gasteiger partial charge in [-0.05, 0) is 44.5 Å². The van der Waals surface area contributed by atoms with E-state index in [-0.39, 0.29) is 23.1 Å². The summed E-state index contributed by atoms with van der Waals surface area (Å²) in [6.45, 7) is 5.84. The molecular weight excluding hydrogens is 434 g/mol. The molecule has 1 amide bonds. The van der Waals surface area contributed by atoms with Gasteiger partial charge in [0.15, 0.2) is 5.16 Å². The molecule has 0 saturated heterocycles. The number of carbonyl (C=O) groups excluding carboxylic acids is 1. The van der Waals surface area contributed by atoms with Crippen LogP contribution in [0.2, 0.25) is 0 Å². The van der Waals surface area contributed by atoms with E-state index in [1.54, 1.807) is 35.9 Å². The molecule has 2 aromatic carbocycles. The summed E-state index contributed by atoms with van der Waals surface area (Å²) in [5.74, 6) is 0.462. The number of sulfonamides is 1. The van der Waals surface area contributed by atoms with Crippen LogP contribution in [0.3, 0.4) is 0 Å². The fraction of sp³-hybridized carbons (Fsp3) is 0.286. The van der Waals surface area contributed by atoms with Crippen molar-refractivity contribution in [3.8, 4) is 0 Å². The van der Waals surface area contributed by atoms with Crippen molar-refractivity contribution in [1.29, 1.82) is 0 Å². The number of nitrogens with zero attached hydrogens (tertiary/aromatic N) is 3. The topological polar surface area (TPSA) is 106 Å². The number of aromatic nitrogens is 3. The first-order chi connectivity index (χ1) is 14.7. The molecule has 0 radical (unpaired) electrons. The van der Waals surface area contributed by atoms with Crippen LogP contribution in [-0.2, 0) is 28.4 Å². The molecule has 0 saturated carbocycles. The molecule has 164 valence electrons. The quantitative estimate of drug-likeness (QED) is 0.502. The van der Waals surface area contributed by atoms with E-state index in [1.807, 2.05) is 39.0 Å². The molecule has 0 bridgehead atoms. The SMILES string of the molecule is Cc1ccc(S(=O)(=O)NCc2nnc(SCC(=O)Nc3ccc(C)cc3C)n2C)cc1. The molecule has 3 rings (SSSR count). The maximum absolute atomic E-state index is 12.4. The maximum Gasteiger partial charge on any atom is 0.240 e. The molecule has 0 atom stereocenters. The molecule has 0 aliphatic heterocycles. The lowest BCUT2D eigenvalue weighted by Gasteiger charge is -2.09. The number of thioether (sulfide) groups is 1. The van der Waals surface area contributed by atoms with E-state index in [2.05, 4.69) is 20.2 Å². The summed E-state index contributed by atoms with van der Waals surface area (Å²) in [4.78, 5) is 12.5. The number of benzene rings is 2. The first-order valence-corrected chi connectivity index (χ1v) is 12.1. The van der Waals surface area contributed by atoms with Crippen LogP contribution in [0.15, 0.2) is 52.5 Å². The molecule has 0 aliphatic carbocycles. The summed E-state index contributed by atoms with van der Waals surface area (Å²) >= 11 is 1.24. The van der Waals surface area contributed by atoms with Gasteiger partial charge in [-0.1, -0.05) is 47.2 Å². The first-order valence-electron chi connectivity index (χ1n) is 9.60. The van der Waals surface area contributed by atoms with E-state index < -0.39 is 10.0 Å². The number of amides is 1. The van der Waals surface area contributed by atoms with Gasteiger partial charge < -0.3 is 9.88 Å². The minimum Gasteiger partial charge on any atom is -0.325 e. The molecule has 8 nitrogen and oxygen atoms in total. The van der Waals surface area contributed by atoms with E-state index in [0.29, 0.717) is 11.0 Å². The Labute approximate surface area is 186 Å². The smallest absolute Gasteiger partial charge is 0.240 e. The molecule has 0 unspecified atom stereocenters. The van der Waals surface area contributed by atoms with Gasteiger partial charge in [-0.2, -0.15) is 0 Å². The monoisotopic (exact) mass is 459 g/mol. The van der Waals surface area contributed by atoms with Crippen molar-refractivity contribution in [2.24, 2.45) is 7.05 Å². The minimum absolute atomic E-state index is 0.00493. The fourth-order valence-electron chi connectivity index (χ4n) is 2.86. The highest BCUT2D eigenvalue weighted by Gasteiger charge is 2.17. The Morgan fingerprint density at radius 3 is 2.39 bits per heavy atom. The van der Waals surface area contributed by atoms with Crippen LogP contribution in [0.5, 0.6) is 0 Å². The van der Waals surface area contributed by atoms with Gasteiger partial charge in [0.25, 0.3) is 0 Å². The summed E-state index contributed by atoms with van der Waals surface area (Å²) in [6.07, 6.45) is 0. The van der Waals surface area contributed by atoms with Crippen molar-refractivity contribution < 1.29 is 13.2 Å². The molecular formula is C21H25N5O3S2. The maximum atomic E-state index is 12.4. The third kappa shape index (κ3) is 5.93. The van der Waals surface area contributed by atoms with Crippen LogP contribution in [0, 0.1) is 20.8 Å². The van der Waals surface area contributed by atoms with E-state index >= 15 is 0 Å². The third-order valence-corrected chi connectivity index (χ3v) is 7.10. The van der Waals surface area contributed by atoms with Gasteiger partial charge in [0, 0.05) is 12.7 Å². The minimum atomic E-state index is -3.65. The van der Waals surface area contributed by atoms with Crippen molar-refractivity contribution >= 4 is 33.4 Å². The number of nitrogens with one attached hydrogen (secondary N) is 2. The Hall–Kier alpha value is -2.69. The Kier molecular flexibility index (Phi) is 7.14. The summed E-state index contributed by atoms with van der Waals surface area (Å²) in [6, 6.07) is 12.4. The van der Waals surface area contributed by atoms with E-state index in [9.17, 15) is 13.2 Å². The van der Waals surface area contributed by atoms with Gasteiger partial charge in [0.1, 0.15) is 5.82 Å². The van der Waals surface area contributed by atoms with Gasteiger partial charge >= 0.3 is 0 Å². The Morgan fingerprint density at radius 1 is 1.03 bits per heavy atom. The Balaban J connectivity index is 1.57. The summed E-state index contributed by atoms with van der Waals surface area (Å²) in [7, 11) is -1.92. The normalized spacial score (nSPS) is 11.5. The average molecular weight is 460 g/mol. The Bertz CT molecular complexity index is 1190. The lowest BCUT2D eigenvalue weighted by Crippen LogP contribution is -2.24. The molecule has 0 spiro atoms. The second-order valence-electron chi connectivity index (χ2n) is 7.25. The number of hydrogen-bond donors (Lipinski definition) is 2. The number of anilines is 1. The number of rotatable bonds is 8. The zero-order chi connectivity index (χ0) is 22.6. The van der Waals surface area contributed by atoms with E-state index in [1.165, 1.54) is 11.8 Å². The second-order valence-corrected chi connectivity index (χ2v) is 9.96. The van der Waals surface area contributed by atoms with Gasteiger partial charge in [-0.15, -0.1) is 10.2 Å². The van der Waals surface area contributed by atoms with Crippen molar-refractivity contribution in [2.45, 2.75) is 37.4 Å². The lowest BCUT2D eigenvalue weighted by atomic mass is 10.1. The largest absolute Gasteiger partial charge is 0.325 e. The zero-order valence-corrected chi connectivity index (χ0v) is 19.5. The van der Waals surface area contributed by atoms with Crippen molar-refractivity contribution in [3.05, 3.63) is 65.0 Å². The third-order valence-electron chi connectivity index (χ3n) is 4.67. The molecule has 3 aromatic rings. The van der Waals surface area contributed by atoms with Crippen molar-refractivity contribution in [2.75, 3.05) is 11.1 Å². The highest BCUT2D eigenvalue weighted by atomic mass is 32.2. The fourth-order valence-corrected chi connectivity index (χ4v) is 4.57. The summed E-state index contributed by atoms with van der Waals surface area (Å²) < 4.78 is 29.1. The number of aryl methyl sites for hydroxylation is 3. The van der Waals surface area contributed by atoms with Crippen LogP contribution in [0.25, 0.3) is 0 Å². The number of carbonyl (C=O) groups is 1. The predicted octanol–water partition coefficient (Wildman–Crippen LogP) is 2.95. The summed E-state index contributed by atoms with van der Waals surface area (Å²) in [5, 5.41) is 11.5. The van der Waals surface area contributed by atoms with Crippen LogP contribution >= 0.6 is 11.8 Å². The molecule has 31 heavy (non-hydrogen) atoms. The standard InChI is InChI=1S/C21H25N5O3S2/c1-14-5-8-17(9-6-14)31(28,29)22-12-19-24-25-21(26(19)4)30-13-20(27)23-18-10-7-15(2)11-16(18)3/h5-11,22H,12-13H2,1-4H3,(H,23,27). The average Bonchev–Trinajstić information content (AvgIpc) is 3.07. The predicted molar refractivity (Wildman–Crippen MR) is 121 cm³/mol. The van der Waals surface area contributed by atoms with Gasteiger partial charge in [0.05, 0.1) is 17.2 Å². The lowest BCUT2D eigenvalue weighted by molar-refractivity contribution is -0.113. The molecule has 10 heteroatoms. The van der Waals surface area contributed by atoms with E-state index in [0.717, 1.165) is 22.4 Å². The molecule has 0 fully saturated rings. The molecule has 1 aromatic heterocycles. The summed E-state index contributed by atoms with van der Waals surface area (Å²) in [5.41, 5.74) is 3.89. The van der Waals surface area contributed by atoms with E-state index in [4.69, 9.17) is 0 Å². The van der Waals surface area contributed by atoms with Crippen molar-refractivity contribution in [3.63, 3.8) is 0 Å². The van der Waals surface area contributed by atoms with Crippen molar-refractivity contribution in [1.82, 2.24) is 19.5 Å². The second kappa shape index (κ2) is 9.63. The zero-order valence-electron chi connectivity index (χ0n) is 17.8. The van der Waals surface area contributed by atoms with Gasteiger partial charge in [-0.25, -0.2) is 13.1 Å². The highest BCUT2D eigenvalue weighted by molar-refractivity contribution is 7.99. The molecule has 1 heterocycles. The van der Waals surface area contributed by atoms with Crippen LogP contribution in [0.4, 0.5) is 5.69 Å². The van der Waals surface area contributed by atoms with Crippen LogP contribution in [-0.4, -0.2) is 34.8 Å². The number of hydrogen-bond acceptors (Lipinski definition) is 6. The Morgan fingerprint density at radius 2 is 1.71 bits per heavy atom. The van der Waals surface area contributed by atoms with Gasteiger partial charge in [0.2, 0.25) is 15.9 Å². The molecule has 2 N–H and O–H groups in total. The molecule has 0 aliphatic rings. The van der Waals surface area contributed by atoms with Gasteiger partial charge in [-0.3, -0.25) is 4.79 Å². The van der Waals surface area contributed by atoms with Crippen LogP contribution < -0.4 is 10.0 Å². The first kappa shape index (κ1) is 23.0. The highest BCUT2D eigenvalue weighted by Crippen LogP contribution is 2.19. The van der Waals surface area contributed by atoms with Crippen LogP contribution in [0.1, 0.15) is 22.5 Å².